The van der Waals surface area contributed by atoms with E-state index in [1.807, 2.05) is 30.3 Å². The Bertz CT molecular complexity index is 637. The van der Waals surface area contributed by atoms with E-state index >= 15 is 0 Å². The van der Waals surface area contributed by atoms with Crippen LogP contribution in [0.25, 0.3) is 0 Å². The molecule has 1 aliphatic rings. The van der Waals surface area contributed by atoms with Crippen LogP contribution in [-0.2, 0) is 25.5 Å². The van der Waals surface area contributed by atoms with Gasteiger partial charge in [-0.05, 0) is 32.8 Å². The van der Waals surface area contributed by atoms with E-state index in [1.54, 1.807) is 20.8 Å². The number of amides is 1. The number of hydrogen-bond acceptors (Lipinski definition) is 5. The lowest BCUT2D eigenvalue weighted by atomic mass is 9.96. The molecule has 0 radical (unpaired) electrons. The number of nitrogens with one attached hydrogen (secondary N) is 1. The van der Waals surface area contributed by atoms with Crippen LogP contribution in [-0.4, -0.2) is 40.9 Å². The van der Waals surface area contributed by atoms with Gasteiger partial charge >= 0.3 is 18.0 Å². The van der Waals surface area contributed by atoms with E-state index in [0.717, 1.165) is 5.56 Å². The highest BCUT2D eigenvalue weighted by atomic mass is 16.6. The molecule has 0 saturated carbocycles. The fourth-order valence-corrected chi connectivity index (χ4v) is 2.66. The van der Waals surface area contributed by atoms with Crippen LogP contribution in [0, 0.1) is 5.92 Å². The SMILES string of the molecule is CC(C)(C)OC(=O)N[C@@H](Cc1ccccc1)[C@@H]1CC(C(=O)O)C(=O)O1. The Morgan fingerprint density at radius 3 is 2.48 bits per heavy atom. The average Bonchev–Trinajstić information content (AvgIpc) is 2.88. The third-order valence-corrected chi connectivity index (χ3v) is 3.77. The van der Waals surface area contributed by atoms with Crippen LogP contribution < -0.4 is 5.32 Å². The van der Waals surface area contributed by atoms with Crippen molar-refractivity contribution < 1.29 is 29.0 Å². The van der Waals surface area contributed by atoms with Crippen LogP contribution >= 0.6 is 0 Å². The first-order valence-corrected chi connectivity index (χ1v) is 8.12. The van der Waals surface area contributed by atoms with E-state index in [-0.39, 0.29) is 6.42 Å². The molecular formula is C18H23NO6. The summed E-state index contributed by atoms with van der Waals surface area (Å²) in [5.41, 5.74) is 0.260. The van der Waals surface area contributed by atoms with Crippen molar-refractivity contribution >= 4 is 18.0 Å². The van der Waals surface area contributed by atoms with Crippen molar-refractivity contribution in [1.29, 1.82) is 0 Å². The van der Waals surface area contributed by atoms with Crippen LogP contribution in [0.15, 0.2) is 30.3 Å². The zero-order valence-corrected chi connectivity index (χ0v) is 14.5. The van der Waals surface area contributed by atoms with E-state index in [2.05, 4.69) is 5.32 Å². The van der Waals surface area contributed by atoms with Crippen LogP contribution in [0.4, 0.5) is 4.79 Å². The molecule has 1 aromatic carbocycles. The van der Waals surface area contributed by atoms with Gasteiger partial charge in [0.2, 0.25) is 0 Å². The van der Waals surface area contributed by atoms with Crippen molar-refractivity contribution in [3.05, 3.63) is 35.9 Å². The van der Waals surface area contributed by atoms with Crippen molar-refractivity contribution in [2.24, 2.45) is 5.92 Å². The van der Waals surface area contributed by atoms with Gasteiger partial charge in [-0.2, -0.15) is 0 Å². The van der Waals surface area contributed by atoms with Gasteiger partial charge in [-0.25, -0.2) is 4.79 Å². The Kier molecular flexibility index (Phi) is 5.66. The summed E-state index contributed by atoms with van der Waals surface area (Å²) in [5.74, 6) is -3.20. The fraction of sp³-hybridized carbons (Fsp3) is 0.500. The van der Waals surface area contributed by atoms with Gasteiger partial charge < -0.3 is 19.9 Å². The lowest BCUT2D eigenvalue weighted by Crippen LogP contribution is -2.46. The summed E-state index contributed by atoms with van der Waals surface area (Å²) in [6, 6.07) is 8.78. The van der Waals surface area contributed by atoms with Crippen LogP contribution in [0.1, 0.15) is 32.8 Å². The number of carbonyl (C=O) groups excluding carboxylic acids is 2. The number of hydrogen-bond donors (Lipinski definition) is 2. The van der Waals surface area contributed by atoms with Gasteiger partial charge in [0.05, 0.1) is 6.04 Å². The number of alkyl carbamates (subject to hydrolysis) is 1. The van der Waals surface area contributed by atoms with Crippen molar-refractivity contribution in [2.75, 3.05) is 0 Å². The van der Waals surface area contributed by atoms with Crippen LogP contribution in [0.5, 0.6) is 0 Å². The maximum absolute atomic E-state index is 12.1. The van der Waals surface area contributed by atoms with Gasteiger partial charge in [0.25, 0.3) is 0 Å². The minimum absolute atomic E-state index is 0.0153. The Morgan fingerprint density at radius 2 is 1.96 bits per heavy atom. The lowest BCUT2D eigenvalue weighted by Gasteiger charge is -2.26. The van der Waals surface area contributed by atoms with Gasteiger partial charge in [-0.1, -0.05) is 30.3 Å². The molecule has 1 unspecified atom stereocenters. The smallest absolute Gasteiger partial charge is 0.408 e. The van der Waals surface area contributed by atoms with E-state index in [9.17, 15) is 14.4 Å². The zero-order chi connectivity index (χ0) is 18.6. The Balaban J connectivity index is 2.13. The number of carbonyl (C=O) groups is 3. The summed E-state index contributed by atoms with van der Waals surface area (Å²) in [4.78, 5) is 35.0. The maximum atomic E-state index is 12.1. The third kappa shape index (κ3) is 5.48. The molecule has 7 nitrogen and oxygen atoms in total. The van der Waals surface area contributed by atoms with E-state index in [0.29, 0.717) is 6.42 Å². The number of ether oxygens (including phenoxy) is 2. The lowest BCUT2D eigenvalue weighted by molar-refractivity contribution is -0.153. The van der Waals surface area contributed by atoms with Gasteiger partial charge in [0.1, 0.15) is 11.7 Å². The number of cyclic esters (lactones) is 1. The maximum Gasteiger partial charge on any atom is 0.408 e. The molecule has 1 fully saturated rings. The predicted octanol–water partition coefficient (Wildman–Crippen LogP) is 2.14. The van der Waals surface area contributed by atoms with E-state index < -0.39 is 41.7 Å². The molecule has 1 aliphatic heterocycles. The van der Waals surface area contributed by atoms with Crippen molar-refractivity contribution in [2.45, 2.75) is 51.4 Å². The Hall–Kier alpha value is -2.57. The molecule has 0 aliphatic carbocycles. The average molecular weight is 349 g/mol. The first-order valence-electron chi connectivity index (χ1n) is 8.12. The van der Waals surface area contributed by atoms with Gasteiger partial charge in [0, 0.05) is 6.42 Å². The standard InChI is InChI=1S/C18H23NO6/c1-18(2,3)25-17(23)19-13(9-11-7-5-4-6-8-11)14-10-12(15(20)21)16(22)24-14/h4-8,12-14H,9-10H2,1-3H3,(H,19,23)(H,20,21)/t12?,13-,14-/m0/s1. The van der Waals surface area contributed by atoms with Crippen molar-refractivity contribution in [3.8, 4) is 0 Å². The molecule has 2 N–H and O–H groups in total. The number of aliphatic carboxylic acids is 1. The van der Waals surface area contributed by atoms with Crippen LogP contribution in [0.2, 0.25) is 0 Å². The minimum atomic E-state index is -1.22. The number of rotatable bonds is 5. The largest absolute Gasteiger partial charge is 0.481 e. The van der Waals surface area contributed by atoms with Crippen LogP contribution in [0.3, 0.4) is 0 Å². The summed E-state index contributed by atoms with van der Waals surface area (Å²) >= 11 is 0. The molecule has 0 spiro atoms. The summed E-state index contributed by atoms with van der Waals surface area (Å²) < 4.78 is 10.5. The molecule has 1 saturated heterocycles. The predicted molar refractivity (Wildman–Crippen MR) is 88.9 cm³/mol. The fourth-order valence-electron chi connectivity index (χ4n) is 2.66. The molecule has 1 aromatic rings. The molecule has 136 valence electrons. The van der Waals surface area contributed by atoms with Gasteiger partial charge in [-0.15, -0.1) is 0 Å². The van der Waals surface area contributed by atoms with E-state index in [4.69, 9.17) is 14.6 Å². The monoisotopic (exact) mass is 349 g/mol. The molecule has 2 rings (SSSR count). The van der Waals surface area contributed by atoms with Gasteiger partial charge in [0.15, 0.2) is 5.92 Å². The number of esters is 1. The molecule has 0 bridgehead atoms. The van der Waals surface area contributed by atoms with Gasteiger partial charge in [-0.3, -0.25) is 9.59 Å². The molecule has 3 atom stereocenters. The minimum Gasteiger partial charge on any atom is -0.481 e. The highest BCUT2D eigenvalue weighted by molar-refractivity contribution is 5.95. The second-order valence-electron chi connectivity index (χ2n) is 7.04. The topological polar surface area (TPSA) is 102 Å². The summed E-state index contributed by atoms with van der Waals surface area (Å²) in [6.45, 7) is 5.23. The summed E-state index contributed by atoms with van der Waals surface area (Å²) in [7, 11) is 0. The quantitative estimate of drug-likeness (QED) is 0.624. The Labute approximate surface area is 146 Å². The second kappa shape index (κ2) is 7.55. The summed E-state index contributed by atoms with van der Waals surface area (Å²) in [6.07, 6.45) is -0.948. The van der Waals surface area contributed by atoms with Crippen molar-refractivity contribution in [3.63, 3.8) is 0 Å². The first kappa shape index (κ1) is 18.8. The Morgan fingerprint density at radius 1 is 1.32 bits per heavy atom. The molecule has 1 amide bonds. The number of carboxylic acids is 1. The highest BCUT2D eigenvalue weighted by Crippen LogP contribution is 2.25. The third-order valence-electron chi connectivity index (χ3n) is 3.77. The van der Waals surface area contributed by atoms with E-state index in [1.165, 1.54) is 0 Å². The first-order chi connectivity index (χ1) is 11.7. The zero-order valence-electron chi connectivity index (χ0n) is 14.5. The highest BCUT2D eigenvalue weighted by Gasteiger charge is 2.43. The molecule has 1 heterocycles. The number of benzene rings is 1. The molecule has 7 heteroatoms. The number of carboxylic acid groups (broad SMARTS) is 1. The molecule has 25 heavy (non-hydrogen) atoms. The second-order valence-corrected chi connectivity index (χ2v) is 7.04. The normalized spacial score (nSPS) is 21.3. The molecule has 0 aromatic heterocycles. The molecular weight excluding hydrogens is 326 g/mol. The van der Waals surface area contributed by atoms with Crippen molar-refractivity contribution in [1.82, 2.24) is 5.32 Å². The summed E-state index contributed by atoms with van der Waals surface area (Å²) in [5, 5.41) is 11.8.